The van der Waals surface area contributed by atoms with Crippen molar-refractivity contribution in [3.8, 4) is 11.5 Å². The largest absolute Gasteiger partial charge is 0.493 e. The molecule has 1 heterocycles. The molecule has 1 aromatic heterocycles. The van der Waals surface area contributed by atoms with Crippen LogP contribution in [-0.4, -0.2) is 37.5 Å². The summed E-state index contributed by atoms with van der Waals surface area (Å²) in [6, 6.07) is 16.2. The Morgan fingerprint density at radius 1 is 1.09 bits per heavy atom. The Kier molecular flexibility index (Phi) is 8.68. The second kappa shape index (κ2) is 12.1. The van der Waals surface area contributed by atoms with Gasteiger partial charge in [0.15, 0.2) is 11.5 Å². The molecule has 0 fully saturated rings. The molecule has 0 aliphatic heterocycles. The molecule has 0 spiro atoms. The molecule has 3 rings (SSSR count). The smallest absolute Gasteiger partial charge is 0.251 e. The lowest BCUT2D eigenvalue weighted by Gasteiger charge is -2.20. The summed E-state index contributed by atoms with van der Waals surface area (Å²) in [6.45, 7) is 4.68. The number of nitrogens with zero attached hydrogens (tertiary/aromatic N) is 1. The first-order valence-corrected chi connectivity index (χ1v) is 10.8. The molecule has 0 atom stereocenters. The fourth-order valence-electron chi connectivity index (χ4n) is 3.26. The third kappa shape index (κ3) is 6.62. The number of methoxy groups -OCH3 is 1. The lowest BCUT2D eigenvalue weighted by atomic mass is 10.1. The monoisotopic (exact) mass is 460 g/mol. The highest BCUT2D eigenvalue weighted by molar-refractivity contribution is 5.94. The Hall–Kier alpha value is -4.26. The number of carbonyl (C=O) groups is 2. The zero-order valence-electron chi connectivity index (χ0n) is 19.3. The molecule has 2 aromatic carbocycles. The van der Waals surface area contributed by atoms with Crippen LogP contribution < -0.4 is 14.8 Å². The van der Waals surface area contributed by atoms with Crippen LogP contribution in [0.2, 0.25) is 0 Å². The van der Waals surface area contributed by atoms with Crippen molar-refractivity contribution in [2.24, 2.45) is 0 Å². The quantitative estimate of drug-likeness (QED) is 0.338. The maximum atomic E-state index is 13.1. The van der Waals surface area contributed by atoms with E-state index >= 15 is 0 Å². The van der Waals surface area contributed by atoms with E-state index in [4.69, 9.17) is 13.9 Å². The van der Waals surface area contributed by atoms with Gasteiger partial charge in [-0.05, 0) is 53.6 Å². The lowest BCUT2D eigenvalue weighted by Crippen LogP contribution is -2.28. The summed E-state index contributed by atoms with van der Waals surface area (Å²) < 4.78 is 16.4. The summed E-state index contributed by atoms with van der Waals surface area (Å²) in [5, 5.41) is 2.60. The highest BCUT2D eigenvalue weighted by Gasteiger charge is 2.15. The zero-order chi connectivity index (χ0) is 24.3. The van der Waals surface area contributed by atoms with Crippen LogP contribution in [0.1, 0.15) is 27.2 Å². The highest BCUT2D eigenvalue weighted by atomic mass is 16.5. The number of rotatable bonds is 11. The summed E-state index contributed by atoms with van der Waals surface area (Å²) >= 11 is 0. The Labute approximate surface area is 199 Å². The first kappa shape index (κ1) is 24.4. The molecule has 0 aliphatic rings. The van der Waals surface area contributed by atoms with Gasteiger partial charge in [-0.3, -0.25) is 9.59 Å². The fourth-order valence-corrected chi connectivity index (χ4v) is 3.26. The third-order valence-electron chi connectivity index (χ3n) is 5.02. The number of nitrogens with one attached hydrogen (secondary N) is 1. The molecule has 0 aliphatic carbocycles. The SMILES string of the molecule is C=CCOc1ccc(/C=C/C(=O)N(Cc2ccc(C(=O)NC)cc2)Cc2ccco2)cc1OC. The minimum Gasteiger partial charge on any atom is -0.493 e. The van der Waals surface area contributed by atoms with E-state index in [1.165, 1.54) is 6.08 Å². The molecule has 7 nitrogen and oxygen atoms in total. The van der Waals surface area contributed by atoms with Crippen LogP contribution in [0.5, 0.6) is 11.5 Å². The molecule has 0 bridgehead atoms. The third-order valence-corrected chi connectivity index (χ3v) is 5.02. The molecular formula is C27H28N2O5. The summed E-state index contributed by atoms with van der Waals surface area (Å²) in [5.74, 6) is 1.51. The number of ether oxygens (including phenoxy) is 2. The van der Waals surface area contributed by atoms with Gasteiger partial charge in [-0.1, -0.05) is 30.9 Å². The van der Waals surface area contributed by atoms with Crippen LogP contribution in [0.25, 0.3) is 6.08 Å². The van der Waals surface area contributed by atoms with Gasteiger partial charge >= 0.3 is 0 Å². The number of hydrogen-bond donors (Lipinski definition) is 1. The van der Waals surface area contributed by atoms with Crippen molar-refractivity contribution < 1.29 is 23.5 Å². The van der Waals surface area contributed by atoms with E-state index in [1.54, 1.807) is 67.8 Å². The van der Waals surface area contributed by atoms with Gasteiger partial charge in [-0.25, -0.2) is 0 Å². The lowest BCUT2D eigenvalue weighted by molar-refractivity contribution is -0.127. The van der Waals surface area contributed by atoms with Crippen LogP contribution in [0.3, 0.4) is 0 Å². The van der Waals surface area contributed by atoms with Crippen LogP contribution in [0.15, 0.2) is 84.0 Å². The summed E-state index contributed by atoms with van der Waals surface area (Å²) in [7, 11) is 3.15. The second-order valence-corrected chi connectivity index (χ2v) is 7.39. The van der Waals surface area contributed by atoms with E-state index in [-0.39, 0.29) is 11.8 Å². The van der Waals surface area contributed by atoms with E-state index in [1.807, 2.05) is 24.3 Å². The standard InChI is InChI=1S/C27H28N2O5/c1-4-15-34-24-13-9-20(17-25(24)32-3)10-14-26(30)29(19-23-6-5-16-33-23)18-21-7-11-22(12-8-21)27(31)28-2/h4-14,16-17H,1,15,18-19H2,2-3H3,(H,28,31)/b14-10+. The minimum absolute atomic E-state index is 0.158. The van der Waals surface area contributed by atoms with Crippen molar-refractivity contribution in [3.05, 3.63) is 102 Å². The van der Waals surface area contributed by atoms with Gasteiger partial charge in [0.05, 0.1) is 19.9 Å². The number of carbonyl (C=O) groups excluding carboxylic acids is 2. The number of amides is 2. The van der Waals surface area contributed by atoms with Crippen molar-refractivity contribution >= 4 is 17.9 Å². The average molecular weight is 461 g/mol. The average Bonchev–Trinajstić information content (AvgIpc) is 3.39. The van der Waals surface area contributed by atoms with Gasteiger partial charge in [-0.15, -0.1) is 0 Å². The molecule has 2 amide bonds. The van der Waals surface area contributed by atoms with Crippen molar-refractivity contribution in [3.63, 3.8) is 0 Å². The van der Waals surface area contributed by atoms with E-state index in [0.29, 0.717) is 42.5 Å². The van der Waals surface area contributed by atoms with Gasteiger partial charge in [0, 0.05) is 25.2 Å². The molecule has 0 saturated carbocycles. The molecule has 0 radical (unpaired) electrons. The predicted octanol–water partition coefficient (Wildman–Crippen LogP) is 4.45. The van der Waals surface area contributed by atoms with Gasteiger partial charge in [0.1, 0.15) is 12.4 Å². The summed E-state index contributed by atoms with van der Waals surface area (Å²) in [4.78, 5) is 26.6. The number of benzene rings is 2. The van der Waals surface area contributed by atoms with Crippen molar-refractivity contribution in [1.82, 2.24) is 10.2 Å². The molecule has 1 N–H and O–H groups in total. The maximum Gasteiger partial charge on any atom is 0.251 e. The van der Waals surface area contributed by atoms with Crippen molar-refractivity contribution in [1.29, 1.82) is 0 Å². The second-order valence-electron chi connectivity index (χ2n) is 7.39. The molecule has 176 valence electrons. The molecule has 0 saturated heterocycles. The molecule has 34 heavy (non-hydrogen) atoms. The Morgan fingerprint density at radius 3 is 2.53 bits per heavy atom. The Morgan fingerprint density at radius 2 is 1.88 bits per heavy atom. The first-order valence-electron chi connectivity index (χ1n) is 10.8. The zero-order valence-corrected chi connectivity index (χ0v) is 19.3. The maximum absolute atomic E-state index is 13.1. The number of furan rings is 1. The fraction of sp³-hybridized carbons (Fsp3) is 0.185. The van der Waals surface area contributed by atoms with E-state index in [9.17, 15) is 9.59 Å². The molecule has 3 aromatic rings. The van der Waals surface area contributed by atoms with E-state index in [0.717, 1.165) is 11.1 Å². The normalized spacial score (nSPS) is 10.6. The van der Waals surface area contributed by atoms with Gasteiger partial charge in [-0.2, -0.15) is 0 Å². The van der Waals surface area contributed by atoms with Crippen LogP contribution in [-0.2, 0) is 17.9 Å². The van der Waals surface area contributed by atoms with Crippen LogP contribution >= 0.6 is 0 Å². The first-order chi connectivity index (χ1) is 16.5. The van der Waals surface area contributed by atoms with Gasteiger partial charge in [0.2, 0.25) is 5.91 Å². The van der Waals surface area contributed by atoms with Gasteiger partial charge in [0.25, 0.3) is 5.91 Å². The predicted molar refractivity (Wildman–Crippen MR) is 131 cm³/mol. The van der Waals surface area contributed by atoms with Crippen LogP contribution in [0.4, 0.5) is 0 Å². The topological polar surface area (TPSA) is 81.0 Å². The van der Waals surface area contributed by atoms with Crippen molar-refractivity contribution in [2.45, 2.75) is 13.1 Å². The summed E-state index contributed by atoms with van der Waals surface area (Å²) in [5.41, 5.74) is 2.25. The Balaban J connectivity index is 1.76. The highest BCUT2D eigenvalue weighted by Crippen LogP contribution is 2.28. The molecule has 0 unspecified atom stereocenters. The van der Waals surface area contributed by atoms with Crippen molar-refractivity contribution in [2.75, 3.05) is 20.8 Å². The molecule has 7 heteroatoms. The minimum atomic E-state index is -0.183. The Bertz CT molecular complexity index is 1130. The van der Waals surface area contributed by atoms with E-state index in [2.05, 4.69) is 11.9 Å². The van der Waals surface area contributed by atoms with Crippen LogP contribution in [0, 0.1) is 0 Å². The van der Waals surface area contributed by atoms with Gasteiger partial charge < -0.3 is 24.1 Å². The molecular weight excluding hydrogens is 432 g/mol. The summed E-state index contributed by atoms with van der Waals surface area (Å²) in [6.07, 6.45) is 6.48. The number of hydrogen-bond acceptors (Lipinski definition) is 5. The van der Waals surface area contributed by atoms with E-state index < -0.39 is 0 Å².